The fourth-order valence-corrected chi connectivity index (χ4v) is 2.06. The maximum Gasteiger partial charge on any atom is 0.335 e. The molecule has 0 unspecified atom stereocenters. The van der Waals surface area contributed by atoms with Gasteiger partial charge in [0.1, 0.15) is 0 Å². The molecular weight excluding hydrogens is 366 g/mol. The van der Waals surface area contributed by atoms with Crippen molar-refractivity contribution < 1.29 is 24.2 Å². The van der Waals surface area contributed by atoms with Crippen molar-refractivity contribution in [1.29, 1.82) is 0 Å². The summed E-state index contributed by atoms with van der Waals surface area (Å²) in [5.74, 6) is -0.857. The summed E-state index contributed by atoms with van der Waals surface area (Å²) >= 11 is 3.31. The van der Waals surface area contributed by atoms with E-state index in [-0.39, 0.29) is 23.8 Å². The van der Waals surface area contributed by atoms with Crippen LogP contribution in [0.2, 0.25) is 0 Å². The van der Waals surface area contributed by atoms with Crippen molar-refractivity contribution >= 4 is 33.5 Å². The minimum atomic E-state index is -1.07. The van der Waals surface area contributed by atoms with Gasteiger partial charge in [-0.15, -0.1) is 0 Å². The van der Waals surface area contributed by atoms with E-state index in [0.29, 0.717) is 11.4 Å². The van der Waals surface area contributed by atoms with Crippen molar-refractivity contribution in [3.8, 4) is 11.5 Å². The zero-order chi connectivity index (χ0) is 16.8. The molecule has 2 N–H and O–H groups in total. The number of carbonyl (C=O) groups excluding carboxylic acids is 1. The first-order chi connectivity index (χ1) is 11.0. The molecule has 23 heavy (non-hydrogen) atoms. The van der Waals surface area contributed by atoms with Gasteiger partial charge in [-0.2, -0.15) is 0 Å². The first-order valence-corrected chi connectivity index (χ1v) is 7.38. The molecule has 0 aliphatic carbocycles. The molecule has 7 heteroatoms. The summed E-state index contributed by atoms with van der Waals surface area (Å²) in [6.45, 7) is -0.223. The van der Waals surface area contributed by atoms with Crippen LogP contribution in [0, 0.1) is 0 Å². The smallest absolute Gasteiger partial charge is 0.335 e. The molecule has 0 aromatic heterocycles. The molecule has 0 spiro atoms. The fourth-order valence-electron chi connectivity index (χ4n) is 1.79. The minimum Gasteiger partial charge on any atom is -0.493 e. The molecule has 0 heterocycles. The van der Waals surface area contributed by atoms with Crippen LogP contribution in [-0.4, -0.2) is 30.7 Å². The van der Waals surface area contributed by atoms with Crippen LogP contribution in [0.4, 0.5) is 5.69 Å². The first-order valence-electron chi connectivity index (χ1n) is 6.59. The molecule has 0 saturated heterocycles. The average molecular weight is 380 g/mol. The zero-order valence-corrected chi connectivity index (χ0v) is 13.8. The van der Waals surface area contributed by atoms with E-state index in [1.54, 1.807) is 12.1 Å². The van der Waals surface area contributed by atoms with Crippen LogP contribution in [0.3, 0.4) is 0 Å². The number of carboxylic acid groups (broad SMARTS) is 1. The molecule has 2 aromatic carbocycles. The van der Waals surface area contributed by atoms with Crippen molar-refractivity contribution in [2.24, 2.45) is 0 Å². The SMILES string of the molecule is COc1cc(C(=O)O)ccc1OCC(=O)Nc1ccc(Br)cc1. The van der Waals surface area contributed by atoms with E-state index in [4.69, 9.17) is 14.6 Å². The Labute approximate surface area is 141 Å². The molecule has 1 amide bonds. The number of rotatable bonds is 6. The predicted molar refractivity (Wildman–Crippen MR) is 88.2 cm³/mol. The number of carbonyl (C=O) groups is 2. The lowest BCUT2D eigenvalue weighted by Crippen LogP contribution is -2.20. The van der Waals surface area contributed by atoms with Gasteiger partial charge in [-0.25, -0.2) is 4.79 Å². The van der Waals surface area contributed by atoms with Crippen molar-refractivity contribution in [1.82, 2.24) is 0 Å². The molecule has 2 rings (SSSR count). The van der Waals surface area contributed by atoms with Crippen molar-refractivity contribution in [3.63, 3.8) is 0 Å². The lowest BCUT2D eigenvalue weighted by atomic mass is 10.2. The number of hydrogen-bond donors (Lipinski definition) is 2. The van der Waals surface area contributed by atoms with E-state index in [0.717, 1.165) is 4.47 Å². The van der Waals surface area contributed by atoms with E-state index < -0.39 is 5.97 Å². The van der Waals surface area contributed by atoms with Crippen LogP contribution in [-0.2, 0) is 4.79 Å². The van der Waals surface area contributed by atoms with E-state index in [1.165, 1.54) is 25.3 Å². The van der Waals surface area contributed by atoms with Crippen LogP contribution in [0.1, 0.15) is 10.4 Å². The first kappa shape index (κ1) is 16.8. The average Bonchev–Trinajstić information content (AvgIpc) is 2.54. The third-order valence-corrected chi connectivity index (χ3v) is 3.43. The number of amides is 1. The highest BCUT2D eigenvalue weighted by Crippen LogP contribution is 2.28. The fraction of sp³-hybridized carbons (Fsp3) is 0.125. The highest BCUT2D eigenvalue weighted by Gasteiger charge is 2.11. The topological polar surface area (TPSA) is 84.9 Å². The second-order valence-electron chi connectivity index (χ2n) is 4.51. The van der Waals surface area contributed by atoms with Crippen LogP contribution in [0.25, 0.3) is 0 Å². The molecule has 2 aromatic rings. The number of benzene rings is 2. The standard InChI is InChI=1S/C16H14BrNO5/c1-22-14-8-10(16(20)21)2-7-13(14)23-9-15(19)18-12-5-3-11(17)4-6-12/h2-8H,9H2,1H3,(H,18,19)(H,20,21). The number of methoxy groups -OCH3 is 1. The van der Waals surface area contributed by atoms with Crippen LogP contribution < -0.4 is 14.8 Å². The van der Waals surface area contributed by atoms with Crippen molar-refractivity contribution in [2.45, 2.75) is 0 Å². The Kier molecular flexibility index (Phi) is 5.59. The summed E-state index contributed by atoms with van der Waals surface area (Å²) in [7, 11) is 1.40. The molecule has 6 nitrogen and oxygen atoms in total. The number of anilines is 1. The molecule has 0 aliphatic heterocycles. The van der Waals surface area contributed by atoms with Crippen LogP contribution >= 0.6 is 15.9 Å². The Balaban J connectivity index is 1.98. The minimum absolute atomic E-state index is 0.0773. The Bertz CT molecular complexity index is 715. The predicted octanol–water partition coefficient (Wildman–Crippen LogP) is 3.17. The van der Waals surface area contributed by atoms with E-state index in [9.17, 15) is 9.59 Å². The molecule has 0 atom stereocenters. The molecular formula is C16H14BrNO5. The number of halogens is 1. The Morgan fingerprint density at radius 1 is 1.13 bits per heavy atom. The number of nitrogens with one attached hydrogen (secondary N) is 1. The highest BCUT2D eigenvalue weighted by atomic mass is 79.9. The van der Waals surface area contributed by atoms with Gasteiger partial charge in [-0.3, -0.25) is 4.79 Å². The Hall–Kier alpha value is -2.54. The third-order valence-electron chi connectivity index (χ3n) is 2.90. The number of hydrogen-bond acceptors (Lipinski definition) is 4. The molecule has 0 aliphatic rings. The van der Waals surface area contributed by atoms with Gasteiger partial charge in [0.05, 0.1) is 12.7 Å². The largest absolute Gasteiger partial charge is 0.493 e. The number of carboxylic acids is 1. The van der Waals surface area contributed by atoms with Gasteiger partial charge in [0.15, 0.2) is 18.1 Å². The quantitative estimate of drug-likeness (QED) is 0.804. The monoisotopic (exact) mass is 379 g/mol. The maximum atomic E-state index is 11.9. The second kappa shape index (κ2) is 7.64. The lowest BCUT2D eigenvalue weighted by molar-refractivity contribution is -0.118. The number of aromatic carboxylic acids is 1. The Morgan fingerprint density at radius 3 is 2.43 bits per heavy atom. The summed E-state index contributed by atoms with van der Waals surface area (Å²) in [6.07, 6.45) is 0. The zero-order valence-electron chi connectivity index (χ0n) is 12.2. The van der Waals surface area contributed by atoms with Crippen molar-refractivity contribution in [2.75, 3.05) is 19.0 Å². The summed E-state index contributed by atoms with van der Waals surface area (Å²) in [4.78, 5) is 22.8. The van der Waals surface area contributed by atoms with Gasteiger partial charge in [-0.05, 0) is 42.5 Å². The van der Waals surface area contributed by atoms with E-state index in [2.05, 4.69) is 21.2 Å². The molecule has 120 valence electrons. The number of ether oxygens (including phenoxy) is 2. The molecule has 0 saturated carbocycles. The summed E-state index contributed by atoms with van der Waals surface area (Å²) < 4.78 is 11.4. The summed E-state index contributed by atoms with van der Waals surface area (Å²) in [5.41, 5.74) is 0.725. The van der Waals surface area contributed by atoms with E-state index in [1.807, 2.05) is 12.1 Å². The summed E-state index contributed by atoms with van der Waals surface area (Å²) in [6, 6.07) is 11.3. The maximum absolute atomic E-state index is 11.9. The molecule has 0 fully saturated rings. The highest BCUT2D eigenvalue weighted by molar-refractivity contribution is 9.10. The second-order valence-corrected chi connectivity index (χ2v) is 5.43. The molecule has 0 bridgehead atoms. The normalized spacial score (nSPS) is 10.0. The lowest BCUT2D eigenvalue weighted by Gasteiger charge is -2.11. The van der Waals surface area contributed by atoms with Gasteiger partial charge in [-0.1, -0.05) is 15.9 Å². The van der Waals surface area contributed by atoms with Gasteiger partial charge in [0, 0.05) is 10.2 Å². The third kappa shape index (κ3) is 4.72. The van der Waals surface area contributed by atoms with Crippen LogP contribution in [0.15, 0.2) is 46.9 Å². The molecule has 0 radical (unpaired) electrons. The van der Waals surface area contributed by atoms with Gasteiger partial charge in [0.2, 0.25) is 0 Å². The van der Waals surface area contributed by atoms with Gasteiger partial charge in [0.25, 0.3) is 5.91 Å². The Morgan fingerprint density at radius 2 is 1.83 bits per heavy atom. The van der Waals surface area contributed by atoms with Gasteiger partial charge >= 0.3 is 5.97 Å². The van der Waals surface area contributed by atoms with Crippen LogP contribution in [0.5, 0.6) is 11.5 Å². The van der Waals surface area contributed by atoms with E-state index >= 15 is 0 Å². The van der Waals surface area contributed by atoms with Crippen molar-refractivity contribution in [3.05, 3.63) is 52.5 Å². The van der Waals surface area contributed by atoms with Gasteiger partial charge < -0.3 is 19.9 Å². The summed E-state index contributed by atoms with van der Waals surface area (Å²) in [5, 5.41) is 11.6.